The molecular weight excluding hydrogens is 352 g/mol. The predicted octanol–water partition coefficient (Wildman–Crippen LogP) is 3.74. The van der Waals surface area contributed by atoms with E-state index >= 15 is 0 Å². The van der Waals surface area contributed by atoms with Gasteiger partial charge in [0.05, 0.1) is 17.6 Å². The minimum Gasteiger partial charge on any atom is -0.472 e. The highest BCUT2D eigenvalue weighted by Gasteiger charge is 2.37. The SMILES string of the molecule is C1=C2OC(c3nc(C4NC5CCCC=C5O4)c4ccccc4n3)NC2CCC1. The molecular formula is C22H24N4O2. The van der Waals surface area contributed by atoms with E-state index in [-0.39, 0.29) is 18.5 Å². The van der Waals surface area contributed by atoms with Crippen LogP contribution in [-0.4, -0.2) is 22.1 Å². The Kier molecular flexibility index (Phi) is 3.87. The lowest BCUT2D eigenvalue weighted by molar-refractivity contribution is 0.131. The molecule has 0 bridgehead atoms. The summed E-state index contributed by atoms with van der Waals surface area (Å²) < 4.78 is 12.4. The van der Waals surface area contributed by atoms with Gasteiger partial charge >= 0.3 is 0 Å². The molecule has 2 N–H and O–H groups in total. The van der Waals surface area contributed by atoms with E-state index in [1.54, 1.807) is 0 Å². The summed E-state index contributed by atoms with van der Waals surface area (Å²) in [5.41, 5.74) is 1.82. The number of rotatable bonds is 2. The van der Waals surface area contributed by atoms with Gasteiger partial charge in [-0.2, -0.15) is 0 Å². The number of hydrogen-bond acceptors (Lipinski definition) is 6. The van der Waals surface area contributed by atoms with E-state index in [2.05, 4.69) is 28.9 Å². The highest BCUT2D eigenvalue weighted by atomic mass is 16.5. The maximum atomic E-state index is 6.26. The van der Waals surface area contributed by atoms with E-state index in [1.165, 1.54) is 12.8 Å². The van der Waals surface area contributed by atoms with Crippen molar-refractivity contribution in [3.8, 4) is 0 Å². The molecule has 2 aromatic rings. The van der Waals surface area contributed by atoms with Gasteiger partial charge in [-0.15, -0.1) is 0 Å². The van der Waals surface area contributed by atoms with E-state index in [0.717, 1.165) is 53.8 Å². The summed E-state index contributed by atoms with van der Waals surface area (Å²) >= 11 is 0. The zero-order valence-corrected chi connectivity index (χ0v) is 15.7. The molecule has 2 aliphatic carbocycles. The number of nitrogens with one attached hydrogen (secondary N) is 2. The number of ether oxygens (including phenoxy) is 2. The maximum Gasteiger partial charge on any atom is 0.211 e. The monoisotopic (exact) mass is 376 g/mol. The van der Waals surface area contributed by atoms with E-state index in [4.69, 9.17) is 19.4 Å². The van der Waals surface area contributed by atoms with Crippen LogP contribution in [0.15, 0.2) is 47.9 Å². The summed E-state index contributed by atoms with van der Waals surface area (Å²) in [7, 11) is 0. The second-order valence-corrected chi connectivity index (χ2v) is 7.99. The topological polar surface area (TPSA) is 68.3 Å². The predicted molar refractivity (Wildman–Crippen MR) is 105 cm³/mol. The second kappa shape index (κ2) is 6.57. The van der Waals surface area contributed by atoms with E-state index in [1.807, 2.05) is 18.2 Å². The molecule has 1 aromatic heterocycles. The van der Waals surface area contributed by atoms with Crippen LogP contribution in [0.2, 0.25) is 0 Å². The van der Waals surface area contributed by atoms with Crippen LogP contribution < -0.4 is 10.6 Å². The smallest absolute Gasteiger partial charge is 0.211 e. The number of hydrogen-bond donors (Lipinski definition) is 2. The lowest BCUT2D eigenvalue weighted by atomic mass is 10.0. The molecule has 2 aliphatic heterocycles. The molecule has 3 heterocycles. The number of para-hydroxylation sites is 1. The molecule has 0 radical (unpaired) electrons. The average Bonchev–Trinajstić information content (AvgIpc) is 3.37. The van der Waals surface area contributed by atoms with Crippen LogP contribution >= 0.6 is 0 Å². The van der Waals surface area contributed by atoms with Gasteiger partial charge < -0.3 is 9.47 Å². The Balaban J connectivity index is 1.39. The summed E-state index contributed by atoms with van der Waals surface area (Å²) in [6, 6.07) is 8.73. The zero-order valence-electron chi connectivity index (χ0n) is 15.7. The number of benzene rings is 1. The first-order valence-corrected chi connectivity index (χ1v) is 10.4. The third kappa shape index (κ3) is 2.71. The molecule has 4 atom stereocenters. The van der Waals surface area contributed by atoms with Crippen LogP contribution in [0, 0.1) is 0 Å². The summed E-state index contributed by atoms with van der Waals surface area (Å²) in [6.07, 6.45) is 10.6. The molecule has 2 saturated heterocycles. The maximum absolute atomic E-state index is 6.26. The van der Waals surface area contributed by atoms with Crippen molar-refractivity contribution in [2.45, 2.75) is 63.1 Å². The average molecular weight is 376 g/mol. The van der Waals surface area contributed by atoms with Gasteiger partial charge in [0, 0.05) is 5.39 Å². The minimum atomic E-state index is -0.305. The largest absolute Gasteiger partial charge is 0.472 e. The van der Waals surface area contributed by atoms with Gasteiger partial charge in [-0.1, -0.05) is 18.2 Å². The van der Waals surface area contributed by atoms with Gasteiger partial charge in [-0.25, -0.2) is 9.97 Å². The highest BCUT2D eigenvalue weighted by molar-refractivity contribution is 5.81. The van der Waals surface area contributed by atoms with Gasteiger partial charge in [0.1, 0.15) is 17.2 Å². The quantitative estimate of drug-likeness (QED) is 0.832. The molecule has 1 aromatic carbocycles. The normalized spacial score (nSPS) is 31.4. The number of fused-ring (bicyclic) bond motifs is 3. The fraction of sp³-hybridized carbons (Fsp3) is 0.455. The number of allylic oxidation sites excluding steroid dienone is 2. The molecule has 4 unspecified atom stereocenters. The summed E-state index contributed by atoms with van der Waals surface area (Å²) in [6.45, 7) is 0. The molecule has 144 valence electrons. The summed E-state index contributed by atoms with van der Waals surface area (Å²) in [4.78, 5) is 9.75. The Morgan fingerprint density at radius 3 is 2.25 bits per heavy atom. The highest BCUT2D eigenvalue weighted by Crippen LogP contribution is 2.37. The first-order valence-electron chi connectivity index (χ1n) is 10.4. The van der Waals surface area contributed by atoms with Gasteiger partial charge in [0.15, 0.2) is 12.1 Å². The molecule has 0 amide bonds. The molecule has 0 spiro atoms. The third-order valence-corrected chi connectivity index (χ3v) is 6.12. The first-order chi connectivity index (χ1) is 13.8. The molecule has 4 aliphatic rings. The number of nitrogens with zero attached hydrogens (tertiary/aromatic N) is 2. The van der Waals surface area contributed by atoms with E-state index < -0.39 is 0 Å². The zero-order chi connectivity index (χ0) is 18.5. The lowest BCUT2D eigenvalue weighted by Gasteiger charge is -2.16. The molecule has 0 saturated carbocycles. The fourth-order valence-electron chi connectivity index (χ4n) is 4.70. The van der Waals surface area contributed by atoms with Crippen molar-refractivity contribution in [3.63, 3.8) is 0 Å². The van der Waals surface area contributed by atoms with Crippen molar-refractivity contribution in [1.82, 2.24) is 20.6 Å². The van der Waals surface area contributed by atoms with Crippen LogP contribution in [0.5, 0.6) is 0 Å². The van der Waals surface area contributed by atoms with Gasteiger partial charge in [-0.3, -0.25) is 10.6 Å². The van der Waals surface area contributed by atoms with E-state index in [9.17, 15) is 0 Å². The van der Waals surface area contributed by atoms with Crippen LogP contribution in [0.25, 0.3) is 10.9 Å². The minimum absolute atomic E-state index is 0.246. The first kappa shape index (κ1) is 16.5. The lowest BCUT2D eigenvalue weighted by Crippen LogP contribution is -2.29. The Bertz CT molecular complexity index is 986. The van der Waals surface area contributed by atoms with Crippen molar-refractivity contribution < 1.29 is 9.47 Å². The third-order valence-electron chi connectivity index (χ3n) is 6.12. The molecule has 6 nitrogen and oxygen atoms in total. The van der Waals surface area contributed by atoms with Crippen molar-refractivity contribution >= 4 is 10.9 Å². The van der Waals surface area contributed by atoms with Crippen molar-refractivity contribution in [2.24, 2.45) is 0 Å². The fourth-order valence-corrected chi connectivity index (χ4v) is 4.70. The van der Waals surface area contributed by atoms with Crippen LogP contribution in [0.4, 0.5) is 0 Å². The Labute approximate surface area is 164 Å². The van der Waals surface area contributed by atoms with Crippen molar-refractivity contribution in [1.29, 1.82) is 0 Å². The Morgan fingerprint density at radius 2 is 1.50 bits per heavy atom. The number of aromatic nitrogens is 2. The van der Waals surface area contributed by atoms with E-state index in [0.29, 0.717) is 11.9 Å². The van der Waals surface area contributed by atoms with Crippen LogP contribution in [-0.2, 0) is 9.47 Å². The standard InChI is InChI=1S/C22H24N4O2/c1-2-8-14-13(7-1)19(21-24-15-9-3-5-11-17(15)27-21)26-20(23-14)22-25-16-10-4-6-12-18(16)28-22/h1-2,7-8,11-12,15-16,21-22,24-25H,3-6,9-10H2. The summed E-state index contributed by atoms with van der Waals surface area (Å²) in [5.74, 6) is 2.78. The second-order valence-electron chi connectivity index (χ2n) is 7.99. The van der Waals surface area contributed by atoms with Gasteiger partial charge in [-0.05, 0) is 56.7 Å². The van der Waals surface area contributed by atoms with Gasteiger partial charge in [0.25, 0.3) is 0 Å². The van der Waals surface area contributed by atoms with Crippen LogP contribution in [0.1, 0.15) is 62.5 Å². The summed E-state index contributed by atoms with van der Waals surface area (Å²) in [5, 5.41) is 8.19. The Hall–Kier alpha value is -2.44. The Morgan fingerprint density at radius 1 is 0.821 bits per heavy atom. The molecule has 28 heavy (non-hydrogen) atoms. The van der Waals surface area contributed by atoms with Crippen molar-refractivity contribution in [2.75, 3.05) is 0 Å². The van der Waals surface area contributed by atoms with Crippen LogP contribution in [0.3, 0.4) is 0 Å². The van der Waals surface area contributed by atoms with Gasteiger partial charge in [0.2, 0.25) is 6.23 Å². The molecule has 6 heteroatoms. The molecule has 2 fully saturated rings. The van der Waals surface area contributed by atoms with Crippen molar-refractivity contribution in [3.05, 3.63) is 59.5 Å². The molecule has 6 rings (SSSR count).